The second-order valence-electron chi connectivity index (χ2n) is 11.0. The van der Waals surface area contributed by atoms with Crippen molar-refractivity contribution in [2.75, 3.05) is 23.4 Å². The number of ether oxygens (including phenoxy) is 2. The Morgan fingerprint density at radius 2 is 1.64 bits per heavy atom. The van der Waals surface area contributed by atoms with E-state index >= 15 is 0 Å². The van der Waals surface area contributed by atoms with E-state index in [0.717, 1.165) is 9.87 Å². The van der Waals surface area contributed by atoms with Crippen LogP contribution in [0.2, 0.25) is 0 Å². The molecular formula is C31H36FN3O6S. The van der Waals surface area contributed by atoms with Crippen LogP contribution in [0.15, 0.2) is 72.8 Å². The summed E-state index contributed by atoms with van der Waals surface area (Å²) in [5, 5.41) is 2.94. The third kappa shape index (κ3) is 7.58. The number of anilines is 1. The molecule has 0 aliphatic carbocycles. The Balaban J connectivity index is 1.77. The molecule has 42 heavy (non-hydrogen) atoms. The summed E-state index contributed by atoms with van der Waals surface area (Å²) in [6, 6.07) is 18.7. The quantitative estimate of drug-likeness (QED) is 0.354. The fourth-order valence-corrected chi connectivity index (χ4v) is 5.63. The molecule has 1 heterocycles. The molecule has 3 aromatic rings. The van der Waals surface area contributed by atoms with E-state index in [1.54, 1.807) is 12.1 Å². The summed E-state index contributed by atoms with van der Waals surface area (Å²) in [7, 11) is -3.96. The summed E-state index contributed by atoms with van der Waals surface area (Å²) in [6.07, 6.45) is 0.132. The SMILES string of the molecule is CCS(=O)(=O)N(CC(=O)N(Cc1ccccc1F)[C@H](Cc1ccccc1)C(=O)NC(C)(C)C)c1ccc2c(c1)OCO2. The molecule has 2 amide bonds. The number of rotatable bonds is 11. The van der Waals surface area contributed by atoms with E-state index < -0.39 is 45.8 Å². The zero-order valence-electron chi connectivity index (χ0n) is 24.2. The lowest BCUT2D eigenvalue weighted by molar-refractivity contribution is -0.140. The van der Waals surface area contributed by atoms with E-state index in [2.05, 4.69) is 5.32 Å². The molecule has 0 radical (unpaired) electrons. The molecule has 224 valence electrons. The van der Waals surface area contributed by atoms with Crippen LogP contribution in [0.25, 0.3) is 0 Å². The molecule has 0 bridgehead atoms. The first-order valence-corrected chi connectivity index (χ1v) is 15.3. The van der Waals surface area contributed by atoms with Gasteiger partial charge in [0.1, 0.15) is 18.4 Å². The lowest BCUT2D eigenvalue weighted by Crippen LogP contribution is -2.56. The highest BCUT2D eigenvalue weighted by molar-refractivity contribution is 7.92. The molecule has 1 aliphatic heterocycles. The van der Waals surface area contributed by atoms with Crippen LogP contribution in [-0.4, -0.2) is 55.8 Å². The molecule has 9 nitrogen and oxygen atoms in total. The van der Waals surface area contributed by atoms with Gasteiger partial charge in [-0.25, -0.2) is 12.8 Å². The van der Waals surface area contributed by atoms with Gasteiger partial charge in [-0.05, 0) is 51.5 Å². The summed E-state index contributed by atoms with van der Waals surface area (Å²) in [4.78, 5) is 29.2. The highest BCUT2D eigenvalue weighted by Gasteiger charge is 2.35. The van der Waals surface area contributed by atoms with E-state index in [1.165, 1.54) is 42.2 Å². The van der Waals surface area contributed by atoms with E-state index in [-0.39, 0.29) is 36.8 Å². The zero-order valence-corrected chi connectivity index (χ0v) is 25.0. The summed E-state index contributed by atoms with van der Waals surface area (Å²) >= 11 is 0. The summed E-state index contributed by atoms with van der Waals surface area (Å²) < 4.78 is 53.3. The number of hydrogen-bond acceptors (Lipinski definition) is 6. The van der Waals surface area contributed by atoms with Crippen LogP contribution in [-0.2, 0) is 32.6 Å². The minimum Gasteiger partial charge on any atom is -0.454 e. The van der Waals surface area contributed by atoms with Gasteiger partial charge >= 0.3 is 0 Å². The summed E-state index contributed by atoms with van der Waals surface area (Å²) in [6.45, 7) is 6.08. The number of amides is 2. The van der Waals surface area contributed by atoms with Crippen LogP contribution in [0.3, 0.4) is 0 Å². The Kier molecular flexibility index (Phi) is 9.40. The smallest absolute Gasteiger partial charge is 0.244 e. The molecule has 0 spiro atoms. The first kappa shape index (κ1) is 30.8. The number of sulfonamides is 1. The molecule has 0 aromatic heterocycles. The van der Waals surface area contributed by atoms with E-state index in [1.807, 2.05) is 51.1 Å². The van der Waals surface area contributed by atoms with E-state index in [0.29, 0.717) is 11.5 Å². The van der Waals surface area contributed by atoms with Gasteiger partial charge in [0.15, 0.2) is 11.5 Å². The largest absolute Gasteiger partial charge is 0.454 e. The van der Waals surface area contributed by atoms with Crippen molar-refractivity contribution in [2.24, 2.45) is 0 Å². The Bertz CT molecular complexity index is 1530. The topological polar surface area (TPSA) is 105 Å². The average molecular weight is 598 g/mol. The molecule has 1 atom stereocenters. The number of nitrogens with zero attached hydrogens (tertiary/aromatic N) is 2. The maximum atomic E-state index is 14.9. The molecule has 11 heteroatoms. The minimum atomic E-state index is -3.96. The zero-order chi connectivity index (χ0) is 30.5. The third-order valence-electron chi connectivity index (χ3n) is 6.69. The predicted octanol–water partition coefficient (Wildman–Crippen LogP) is 4.27. The van der Waals surface area contributed by atoms with Crippen molar-refractivity contribution in [3.8, 4) is 11.5 Å². The first-order valence-electron chi connectivity index (χ1n) is 13.7. The molecule has 0 fully saturated rings. The number of hydrogen-bond donors (Lipinski definition) is 1. The van der Waals surface area contributed by atoms with Crippen molar-refractivity contribution in [3.05, 3.63) is 89.7 Å². The van der Waals surface area contributed by atoms with Gasteiger partial charge in [0.2, 0.25) is 28.6 Å². The lowest BCUT2D eigenvalue weighted by Gasteiger charge is -2.35. The summed E-state index contributed by atoms with van der Waals surface area (Å²) in [5.41, 5.74) is 0.564. The predicted molar refractivity (Wildman–Crippen MR) is 158 cm³/mol. The fourth-order valence-electron chi connectivity index (χ4n) is 4.58. The molecule has 0 saturated heterocycles. The van der Waals surface area contributed by atoms with Gasteiger partial charge in [0.05, 0.1) is 11.4 Å². The van der Waals surface area contributed by atoms with Gasteiger partial charge in [-0.2, -0.15) is 0 Å². The van der Waals surface area contributed by atoms with Crippen molar-refractivity contribution in [1.29, 1.82) is 0 Å². The van der Waals surface area contributed by atoms with Crippen LogP contribution >= 0.6 is 0 Å². The van der Waals surface area contributed by atoms with Gasteiger partial charge in [-0.15, -0.1) is 0 Å². The fraction of sp³-hybridized carbons (Fsp3) is 0.355. The normalized spacial score (nSPS) is 13.4. The molecule has 4 rings (SSSR count). The van der Waals surface area contributed by atoms with Crippen molar-refractivity contribution >= 4 is 27.5 Å². The molecule has 0 saturated carbocycles. The Labute approximate surface area is 246 Å². The van der Waals surface area contributed by atoms with E-state index in [4.69, 9.17) is 9.47 Å². The van der Waals surface area contributed by atoms with Gasteiger partial charge in [0, 0.05) is 30.1 Å². The third-order valence-corrected chi connectivity index (χ3v) is 8.43. The number of benzene rings is 3. The first-order chi connectivity index (χ1) is 19.9. The summed E-state index contributed by atoms with van der Waals surface area (Å²) in [5.74, 6) is -1.12. The molecule has 1 N–H and O–H groups in total. The number of carbonyl (C=O) groups is 2. The number of halogens is 1. The second-order valence-corrected chi connectivity index (χ2v) is 13.2. The van der Waals surface area contributed by atoms with Crippen molar-refractivity contribution in [1.82, 2.24) is 10.2 Å². The van der Waals surface area contributed by atoms with Gasteiger partial charge in [-0.1, -0.05) is 48.5 Å². The van der Waals surface area contributed by atoms with Crippen LogP contribution in [0.1, 0.15) is 38.8 Å². The van der Waals surface area contributed by atoms with Crippen LogP contribution in [0.4, 0.5) is 10.1 Å². The number of nitrogens with one attached hydrogen (secondary N) is 1. The maximum absolute atomic E-state index is 14.9. The Morgan fingerprint density at radius 1 is 0.976 bits per heavy atom. The molecular weight excluding hydrogens is 561 g/mol. The average Bonchev–Trinajstić information content (AvgIpc) is 3.42. The number of fused-ring (bicyclic) bond motifs is 1. The Hall–Kier alpha value is -4.12. The monoisotopic (exact) mass is 597 g/mol. The molecule has 0 unspecified atom stereocenters. The van der Waals surface area contributed by atoms with Crippen molar-refractivity contribution in [2.45, 2.75) is 52.2 Å². The second kappa shape index (κ2) is 12.8. The number of carbonyl (C=O) groups excluding carboxylic acids is 2. The van der Waals surface area contributed by atoms with Crippen molar-refractivity contribution in [3.63, 3.8) is 0 Å². The lowest BCUT2D eigenvalue weighted by atomic mass is 10.0. The van der Waals surface area contributed by atoms with E-state index in [9.17, 15) is 22.4 Å². The van der Waals surface area contributed by atoms with Crippen LogP contribution in [0, 0.1) is 5.82 Å². The maximum Gasteiger partial charge on any atom is 0.244 e. The highest BCUT2D eigenvalue weighted by Crippen LogP contribution is 2.36. The highest BCUT2D eigenvalue weighted by atomic mass is 32.2. The molecule has 3 aromatic carbocycles. The molecule has 1 aliphatic rings. The Morgan fingerprint density at radius 3 is 2.31 bits per heavy atom. The van der Waals surface area contributed by atoms with Gasteiger partial charge < -0.3 is 19.7 Å². The van der Waals surface area contributed by atoms with Crippen molar-refractivity contribution < 1.29 is 31.9 Å². The van der Waals surface area contributed by atoms with Crippen LogP contribution < -0.4 is 19.1 Å². The van der Waals surface area contributed by atoms with Gasteiger partial charge in [-0.3, -0.25) is 13.9 Å². The van der Waals surface area contributed by atoms with Gasteiger partial charge in [0.25, 0.3) is 0 Å². The van der Waals surface area contributed by atoms with Crippen LogP contribution in [0.5, 0.6) is 11.5 Å². The standard InChI is InChI=1S/C31H36FN3O6S/c1-5-42(38,39)35(24-15-16-27-28(18-24)41-21-40-27)20-29(36)34(19-23-13-9-10-14-25(23)32)26(30(37)33-31(2,3)4)17-22-11-7-6-8-12-22/h6-16,18,26H,5,17,19-21H2,1-4H3,(H,33,37)/t26-/m1/s1. The minimum absolute atomic E-state index is 0.00127.